The molecule has 164 valence electrons. The third kappa shape index (κ3) is 5.02. The predicted molar refractivity (Wildman–Crippen MR) is 129 cm³/mol. The van der Waals surface area contributed by atoms with Gasteiger partial charge in [-0.1, -0.05) is 73.1 Å². The Bertz CT molecular complexity index is 971. The number of hydrogen-bond donors (Lipinski definition) is 1. The van der Waals surface area contributed by atoms with Crippen LogP contribution in [0.5, 0.6) is 0 Å². The van der Waals surface area contributed by atoms with E-state index < -0.39 is 0 Å². The first-order chi connectivity index (χ1) is 14.9. The monoisotopic (exact) mass is 477 g/mol. The fraction of sp³-hybridized carbons (Fsp3) is 0.417. The lowest BCUT2D eigenvalue weighted by Crippen LogP contribution is -2.37. The Morgan fingerprint density at radius 3 is 2.39 bits per heavy atom. The van der Waals surface area contributed by atoms with E-state index in [9.17, 15) is 4.79 Å². The molecule has 1 saturated carbocycles. The maximum atomic E-state index is 13.1. The van der Waals surface area contributed by atoms with Crippen LogP contribution in [0.25, 0.3) is 0 Å². The van der Waals surface area contributed by atoms with Gasteiger partial charge in [-0.05, 0) is 54.7 Å². The molecule has 0 saturated heterocycles. The van der Waals surface area contributed by atoms with E-state index in [2.05, 4.69) is 5.32 Å². The average molecular weight is 479 g/mol. The largest absolute Gasteiger partial charge is 0.351 e. The highest BCUT2D eigenvalue weighted by atomic mass is 35.5. The minimum absolute atomic E-state index is 0.107. The zero-order valence-corrected chi connectivity index (χ0v) is 19.7. The smallest absolute Gasteiger partial charge is 0.267 e. The van der Waals surface area contributed by atoms with E-state index in [0.717, 1.165) is 5.56 Å². The maximum Gasteiger partial charge on any atom is 0.267 e. The topological polar surface area (TPSA) is 44.7 Å². The zero-order chi connectivity index (χ0) is 22.0. The Morgan fingerprint density at radius 1 is 1.03 bits per heavy atom. The molecular formula is C24H26Cl3N3O. The van der Waals surface area contributed by atoms with Gasteiger partial charge in [0.1, 0.15) is 5.71 Å². The van der Waals surface area contributed by atoms with E-state index in [0.29, 0.717) is 38.9 Å². The molecule has 0 aromatic heterocycles. The number of carbonyl (C=O) groups excluding carboxylic acids is 1. The molecule has 0 unspecified atom stereocenters. The SMILES string of the molecule is C[C@H]1C(C(=O)NCC2CCCCC2)=NN(c2ccc(Cl)cc2Cl)[C@H]1c1ccc(Cl)cc1. The van der Waals surface area contributed by atoms with Gasteiger partial charge in [0.25, 0.3) is 5.91 Å². The van der Waals surface area contributed by atoms with Crippen molar-refractivity contribution in [1.29, 1.82) is 0 Å². The van der Waals surface area contributed by atoms with Crippen LogP contribution in [0.3, 0.4) is 0 Å². The third-order valence-electron chi connectivity index (χ3n) is 6.26. The van der Waals surface area contributed by atoms with Crippen molar-refractivity contribution >= 4 is 52.1 Å². The van der Waals surface area contributed by atoms with Crippen LogP contribution >= 0.6 is 34.8 Å². The molecule has 0 bridgehead atoms. The number of hydrogen-bond acceptors (Lipinski definition) is 3. The summed E-state index contributed by atoms with van der Waals surface area (Å²) in [6.45, 7) is 2.74. The van der Waals surface area contributed by atoms with Crippen LogP contribution in [0.4, 0.5) is 5.69 Å². The Labute approximate surface area is 198 Å². The van der Waals surface area contributed by atoms with Crippen molar-refractivity contribution in [2.24, 2.45) is 16.9 Å². The zero-order valence-electron chi connectivity index (χ0n) is 17.5. The molecule has 0 radical (unpaired) electrons. The quantitative estimate of drug-likeness (QED) is 0.508. The van der Waals surface area contributed by atoms with Crippen LogP contribution < -0.4 is 10.3 Å². The molecule has 1 heterocycles. The lowest BCUT2D eigenvalue weighted by atomic mass is 9.88. The third-order valence-corrected chi connectivity index (χ3v) is 7.05. The molecule has 2 atom stereocenters. The lowest BCUT2D eigenvalue weighted by molar-refractivity contribution is -0.115. The van der Waals surface area contributed by atoms with Crippen molar-refractivity contribution in [2.45, 2.75) is 45.1 Å². The summed E-state index contributed by atoms with van der Waals surface area (Å²) in [6.07, 6.45) is 6.16. The van der Waals surface area contributed by atoms with Crippen LogP contribution in [0.1, 0.15) is 50.6 Å². The number of rotatable bonds is 5. The average Bonchev–Trinajstić information content (AvgIpc) is 3.10. The number of anilines is 1. The molecule has 1 N–H and O–H groups in total. The van der Waals surface area contributed by atoms with Crippen LogP contribution in [0.2, 0.25) is 15.1 Å². The van der Waals surface area contributed by atoms with Crippen molar-refractivity contribution in [1.82, 2.24) is 5.32 Å². The second kappa shape index (κ2) is 9.81. The summed E-state index contributed by atoms with van der Waals surface area (Å²) < 4.78 is 0. The van der Waals surface area contributed by atoms with Crippen molar-refractivity contribution in [3.05, 3.63) is 63.1 Å². The Balaban J connectivity index is 1.62. The van der Waals surface area contributed by atoms with Gasteiger partial charge in [-0.25, -0.2) is 0 Å². The summed E-state index contributed by atoms with van der Waals surface area (Å²) in [7, 11) is 0. The van der Waals surface area contributed by atoms with Gasteiger partial charge in [0.15, 0.2) is 0 Å². The molecule has 1 aliphatic heterocycles. The second-order valence-corrected chi connectivity index (χ2v) is 9.70. The Morgan fingerprint density at radius 2 is 1.71 bits per heavy atom. The molecule has 1 aliphatic carbocycles. The summed E-state index contributed by atoms with van der Waals surface area (Å²) in [4.78, 5) is 13.1. The molecule has 2 aromatic rings. The molecule has 2 aliphatic rings. The predicted octanol–water partition coefficient (Wildman–Crippen LogP) is 6.90. The fourth-order valence-corrected chi connectivity index (χ4v) is 5.18. The molecule has 0 spiro atoms. The minimum atomic E-state index is -0.175. The first kappa shape index (κ1) is 22.4. The summed E-state index contributed by atoms with van der Waals surface area (Å²) in [5.74, 6) is 0.327. The van der Waals surface area contributed by atoms with Crippen molar-refractivity contribution in [3.8, 4) is 0 Å². The molecule has 1 fully saturated rings. The number of amides is 1. The highest BCUT2D eigenvalue weighted by Crippen LogP contribution is 2.42. The van der Waals surface area contributed by atoms with Gasteiger partial charge in [0, 0.05) is 22.5 Å². The molecule has 31 heavy (non-hydrogen) atoms. The van der Waals surface area contributed by atoms with Gasteiger partial charge in [-0.3, -0.25) is 9.80 Å². The Hall–Kier alpha value is -1.75. The molecule has 7 heteroatoms. The highest BCUT2D eigenvalue weighted by Gasteiger charge is 2.40. The van der Waals surface area contributed by atoms with Gasteiger partial charge in [-0.2, -0.15) is 5.10 Å². The number of nitrogens with zero attached hydrogens (tertiary/aromatic N) is 2. The van der Waals surface area contributed by atoms with E-state index in [-0.39, 0.29) is 17.9 Å². The normalized spacial score (nSPS) is 21.8. The van der Waals surface area contributed by atoms with Gasteiger partial charge in [-0.15, -0.1) is 0 Å². The summed E-state index contributed by atoms with van der Waals surface area (Å²) >= 11 is 18.7. The first-order valence-electron chi connectivity index (χ1n) is 10.8. The van der Waals surface area contributed by atoms with E-state index in [1.807, 2.05) is 42.3 Å². The van der Waals surface area contributed by atoms with Gasteiger partial charge >= 0.3 is 0 Å². The van der Waals surface area contributed by atoms with Crippen molar-refractivity contribution < 1.29 is 4.79 Å². The number of halogens is 3. The minimum Gasteiger partial charge on any atom is -0.351 e. The highest BCUT2D eigenvalue weighted by molar-refractivity contribution is 6.41. The van der Waals surface area contributed by atoms with Crippen LogP contribution in [0.15, 0.2) is 47.6 Å². The summed E-state index contributed by atoms with van der Waals surface area (Å²) in [5, 5.41) is 11.4. The van der Waals surface area contributed by atoms with Crippen LogP contribution in [-0.2, 0) is 4.79 Å². The van der Waals surface area contributed by atoms with Gasteiger partial charge in [0.05, 0.1) is 16.8 Å². The molecule has 1 amide bonds. The van der Waals surface area contributed by atoms with E-state index >= 15 is 0 Å². The number of nitrogens with one attached hydrogen (secondary N) is 1. The van der Waals surface area contributed by atoms with Crippen LogP contribution in [0, 0.1) is 11.8 Å². The Kier molecular flexibility index (Phi) is 7.10. The van der Waals surface area contributed by atoms with Crippen molar-refractivity contribution in [2.75, 3.05) is 11.6 Å². The fourth-order valence-electron chi connectivity index (χ4n) is 4.56. The second-order valence-electron chi connectivity index (χ2n) is 8.42. The van der Waals surface area contributed by atoms with E-state index in [1.165, 1.54) is 32.1 Å². The first-order valence-corrected chi connectivity index (χ1v) is 11.9. The number of benzene rings is 2. The van der Waals surface area contributed by atoms with Crippen LogP contribution in [-0.4, -0.2) is 18.2 Å². The van der Waals surface area contributed by atoms with E-state index in [4.69, 9.17) is 39.9 Å². The summed E-state index contributed by atoms with van der Waals surface area (Å²) in [6, 6.07) is 12.8. The molecule has 4 rings (SSSR count). The molecule has 2 aromatic carbocycles. The lowest BCUT2D eigenvalue weighted by Gasteiger charge is -2.27. The maximum absolute atomic E-state index is 13.1. The van der Waals surface area contributed by atoms with Gasteiger partial charge < -0.3 is 5.32 Å². The van der Waals surface area contributed by atoms with Gasteiger partial charge in [0.2, 0.25) is 0 Å². The number of carbonyl (C=O) groups is 1. The number of hydrazone groups is 1. The van der Waals surface area contributed by atoms with E-state index in [1.54, 1.807) is 12.1 Å². The molecule has 4 nitrogen and oxygen atoms in total. The van der Waals surface area contributed by atoms with Crippen molar-refractivity contribution in [3.63, 3.8) is 0 Å². The molecular weight excluding hydrogens is 453 g/mol. The summed E-state index contributed by atoms with van der Waals surface area (Å²) in [5.41, 5.74) is 2.25. The standard InChI is InChI=1S/C24H26Cl3N3O/c1-15-22(24(31)28-14-16-5-3-2-4-6-16)29-30(21-12-11-19(26)13-20(21)27)23(15)17-7-9-18(25)10-8-17/h7-13,15-16,23H,2-6,14H2,1H3,(H,28,31)/t15-,23+/m0/s1.